The predicted octanol–water partition coefficient (Wildman–Crippen LogP) is 2.16. The SMILES string of the molecule is CS(=O)CSc1nnc(-c2ccccc2)o1. The lowest BCUT2D eigenvalue weighted by molar-refractivity contribution is 0.466. The van der Waals surface area contributed by atoms with Crippen LogP contribution in [0.2, 0.25) is 0 Å². The van der Waals surface area contributed by atoms with Crippen molar-refractivity contribution in [3.8, 4) is 11.5 Å². The van der Waals surface area contributed by atoms with E-state index in [1.807, 2.05) is 30.3 Å². The van der Waals surface area contributed by atoms with Crippen LogP contribution >= 0.6 is 11.8 Å². The van der Waals surface area contributed by atoms with Crippen LogP contribution in [0.5, 0.6) is 0 Å². The second-order valence-corrected chi connectivity index (χ2v) is 5.80. The Kier molecular flexibility index (Phi) is 3.74. The van der Waals surface area contributed by atoms with Crippen molar-refractivity contribution < 1.29 is 8.63 Å². The van der Waals surface area contributed by atoms with Gasteiger partial charge in [0.1, 0.15) is 0 Å². The van der Waals surface area contributed by atoms with Gasteiger partial charge in [-0.3, -0.25) is 4.21 Å². The fourth-order valence-corrected chi connectivity index (χ4v) is 2.40. The Balaban J connectivity index is 2.11. The number of rotatable bonds is 4. The van der Waals surface area contributed by atoms with Gasteiger partial charge in [-0.1, -0.05) is 30.0 Å². The van der Waals surface area contributed by atoms with Crippen LogP contribution in [0, 0.1) is 0 Å². The highest BCUT2D eigenvalue weighted by molar-refractivity contribution is 8.09. The monoisotopic (exact) mass is 254 g/mol. The van der Waals surface area contributed by atoms with Crippen LogP contribution in [0.25, 0.3) is 11.5 Å². The van der Waals surface area contributed by atoms with Gasteiger partial charge in [0.15, 0.2) is 0 Å². The molecule has 4 nitrogen and oxygen atoms in total. The lowest BCUT2D eigenvalue weighted by atomic mass is 10.2. The Hall–Kier alpha value is -1.14. The third-order valence-electron chi connectivity index (χ3n) is 1.78. The Morgan fingerprint density at radius 2 is 2.06 bits per heavy atom. The van der Waals surface area contributed by atoms with Gasteiger partial charge in [0, 0.05) is 22.6 Å². The molecule has 1 heterocycles. The first-order chi connectivity index (χ1) is 7.75. The molecule has 0 aliphatic heterocycles. The highest BCUT2D eigenvalue weighted by atomic mass is 32.2. The van der Waals surface area contributed by atoms with E-state index in [1.165, 1.54) is 11.8 Å². The minimum atomic E-state index is -0.866. The molecule has 0 spiro atoms. The van der Waals surface area contributed by atoms with Crippen molar-refractivity contribution in [2.24, 2.45) is 0 Å². The largest absolute Gasteiger partial charge is 0.411 e. The number of hydrogen-bond acceptors (Lipinski definition) is 5. The number of benzene rings is 1. The highest BCUT2D eigenvalue weighted by Gasteiger charge is 2.08. The van der Waals surface area contributed by atoms with E-state index in [0.717, 1.165) is 5.56 Å². The second-order valence-electron chi connectivity index (χ2n) is 3.07. The minimum absolute atomic E-state index is 0.453. The first-order valence-corrected chi connectivity index (χ1v) is 7.29. The zero-order chi connectivity index (χ0) is 11.4. The Bertz CT molecular complexity index is 485. The van der Waals surface area contributed by atoms with Crippen LogP contribution in [0.15, 0.2) is 40.0 Å². The van der Waals surface area contributed by atoms with E-state index < -0.39 is 10.8 Å². The van der Waals surface area contributed by atoms with Crippen molar-refractivity contribution >= 4 is 22.6 Å². The van der Waals surface area contributed by atoms with E-state index in [-0.39, 0.29) is 0 Å². The molecule has 0 saturated carbocycles. The summed E-state index contributed by atoms with van der Waals surface area (Å²) >= 11 is 1.30. The fourth-order valence-electron chi connectivity index (χ4n) is 1.10. The Morgan fingerprint density at radius 1 is 1.31 bits per heavy atom. The average Bonchev–Trinajstić information content (AvgIpc) is 2.76. The van der Waals surface area contributed by atoms with Crippen molar-refractivity contribution in [3.63, 3.8) is 0 Å². The molecule has 0 amide bonds. The minimum Gasteiger partial charge on any atom is -0.411 e. The maximum absolute atomic E-state index is 10.9. The molecule has 0 bridgehead atoms. The van der Waals surface area contributed by atoms with Crippen LogP contribution in [0.1, 0.15) is 0 Å². The first-order valence-electron chi connectivity index (χ1n) is 4.57. The summed E-state index contributed by atoms with van der Waals surface area (Å²) in [6.45, 7) is 0. The van der Waals surface area contributed by atoms with Gasteiger partial charge in [-0.25, -0.2) is 0 Å². The van der Waals surface area contributed by atoms with Gasteiger partial charge in [-0.05, 0) is 12.1 Å². The van der Waals surface area contributed by atoms with E-state index in [0.29, 0.717) is 16.2 Å². The van der Waals surface area contributed by atoms with Gasteiger partial charge in [-0.2, -0.15) is 0 Å². The number of thioether (sulfide) groups is 1. The molecule has 1 unspecified atom stereocenters. The summed E-state index contributed by atoms with van der Waals surface area (Å²) in [5.74, 6) is 0.491. The molecule has 0 fully saturated rings. The summed E-state index contributed by atoms with van der Waals surface area (Å²) < 4.78 is 16.3. The van der Waals surface area contributed by atoms with Crippen LogP contribution in [-0.4, -0.2) is 25.7 Å². The fraction of sp³-hybridized carbons (Fsp3) is 0.200. The molecule has 16 heavy (non-hydrogen) atoms. The van der Waals surface area contributed by atoms with E-state index in [2.05, 4.69) is 10.2 Å². The van der Waals surface area contributed by atoms with Crippen LogP contribution in [0.3, 0.4) is 0 Å². The molecule has 1 aromatic heterocycles. The summed E-state index contributed by atoms with van der Waals surface area (Å²) in [6, 6.07) is 9.55. The van der Waals surface area contributed by atoms with Gasteiger partial charge in [0.05, 0.1) is 5.08 Å². The zero-order valence-corrected chi connectivity index (χ0v) is 10.3. The molecule has 2 aromatic rings. The van der Waals surface area contributed by atoms with Crippen molar-refractivity contribution in [1.29, 1.82) is 0 Å². The molecular formula is C10H10N2O2S2. The summed E-state index contributed by atoms with van der Waals surface area (Å²) in [5.41, 5.74) is 0.888. The summed E-state index contributed by atoms with van der Waals surface area (Å²) in [4.78, 5) is 0. The van der Waals surface area contributed by atoms with E-state index in [1.54, 1.807) is 6.26 Å². The topological polar surface area (TPSA) is 56.0 Å². The molecule has 1 atom stereocenters. The molecule has 0 N–H and O–H groups in total. The summed E-state index contributed by atoms with van der Waals surface area (Å²) in [7, 11) is -0.866. The van der Waals surface area contributed by atoms with Gasteiger partial charge in [0.2, 0.25) is 5.89 Å². The van der Waals surface area contributed by atoms with E-state index >= 15 is 0 Å². The number of nitrogens with zero attached hydrogens (tertiary/aromatic N) is 2. The highest BCUT2D eigenvalue weighted by Crippen LogP contribution is 2.22. The zero-order valence-electron chi connectivity index (χ0n) is 8.62. The normalized spacial score (nSPS) is 12.6. The third-order valence-corrected chi connectivity index (χ3v) is 3.99. The van der Waals surface area contributed by atoms with Gasteiger partial charge < -0.3 is 4.42 Å². The van der Waals surface area contributed by atoms with Gasteiger partial charge >= 0.3 is 0 Å². The quantitative estimate of drug-likeness (QED) is 0.783. The molecule has 84 valence electrons. The Labute approximate surface area is 99.9 Å². The van der Waals surface area contributed by atoms with Crippen LogP contribution < -0.4 is 0 Å². The van der Waals surface area contributed by atoms with Crippen LogP contribution in [0.4, 0.5) is 0 Å². The van der Waals surface area contributed by atoms with Crippen molar-refractivity contribution in [2.45, 2.75) is 5.22 Å². The smallest absolute Gasteiger partial charge is 0.277 e. The van der Waals surface area contributed by atoms with E-state index in [9.17, 15) is 4.21 Å². The molecule has 6 heteroatoms. The average molecular weight is 254 g/mol. The lowest BCUT2D eigenvalue weighted by Gasteiger charge is -1.92. The maximum atomic E-state index is 10.9. The van der Waals surface area contributed by atoms with E-state index in [4.69, 9.17) is 4.42 Å². The standard InChI is InChI=1S/C10H10N2O2S2/c1-16(13)7-15-10-12-11-9(14-10)8-5-3-2-4-6-8/h2-6H,7H2,1H3. The number of aromatic nitrogens is 2. The lowest BCUT2D eigenvalue weighted by Crippen LogP contribution is -1.87. The Morgan fingerprint density at radius 3 is 2.75 bits per heavy atom. The molecule has 0 aliphatic carbocycles. The van der Waals surface area contributed by atoms with Crippen molar-refractivity contribution in [1.82, 2.24) is 10.2 Å². The van der Waals surface area contributed by atoms with Crippen molar-refractivity contribution in [3.05, 3.63) is 30.3 Å². The number of hydrogen-bond donors (Lipinski definition) is 0. The van der Waals surface area contributed by atoms with Gasteiger partial charge in [0.25, 0.3) is 5.22 Å². The maximum Gasteiger partial charge on any atom is 0.277 e. The summed E-state index contributed by atoms with van der Waals surface area (Å²) in [6.07, 6.45) is 1.64. The molecule has 1 aromatic carbocycles. The molecule has 0 aliphatic rings. The molecule has 0 radical (unpaired) electrons. The molecule has 0 saturated heterocycles. The second kappa shape index (κ2) is 5.27. The van der Waals surface area contributed by atoms with Crippen molar-refractivity contribution in [2.75, 3.05) is 11.3 Å². The van der Waals surface area contributed by atoms with Crippen LogP contribution in [-0.2, 0) is 10.8 Å². The first kappa shape index (κ1) is 11.3. The summed E-state index contributed by atoms with van der Waals surface area (Å²) in [5, 5.41) is 8.73. The third kappa shape index (κ3) is 2.93. The van der Waals surface area contributed by atoms with Gasteiger partial charge in [-0.15, -0.1) is 10.2 Å². The molecule has 2 rings (SSSR count). The molecular weight excluding hydrogens is 244 g/mol. The predicted molar refractivity (Wildman–Crippen MR) is 64.5 cm³/mol.